The monoisotopic (exact) mass is 362 g/mol. The Bertz CT molecular complexity index is 771. The summed E-state index contributed by atoms with van der Waals surface area (Å²) in [6.45, 7) is 1.33. The molecule has 0 radical (unpaired) electrons. The van der Waals surface area contributed by atoms with E-state index in [2.05, 4.69) is 5.32 Å². The molecule has 2 aromatic rings. The number of amides is 1. The SMILES string of the molecule is CNC1CCCN(C(=O)c2ccccc2-c2ccc(C(F)(F)F)cc2)C1. The van der Waals surface area contributed by atoms with Crippen molar-refractivity contribution >= 4 is 5.91 Å². The summed E-state index contributed by atoms with van der Waals surface area (Å²) < 4.78 is 38.3. The molecule has 1 N–H and O–H groups in total. The highest BCUT2D eigenvalue weighted by atomic mass is 19.4. The lowest BCUT2D eigenvalue weighted by molar-refractivity contribution is -0.137. The summed E-state index contributed by atoms with van der Waals surface area (Å²) in [5, 5.41) is 3.21. The molecule has 1 amide bonds. The normalized spacial score (nSPS) is 18.0. The Balaban J connectivity index is 1.90. The zero-order chi connectivity index (χ0) is 18.7. The number of rotatable bonds is 3. The number of hydrogen-bond acceptors (Lipinski definition) is 2. The number of nitrogens with zero attached hydrogens (tertiary/aromatic N) is 1. The van der Waals surface area contributed by atoms with E-state index in [4.69, 9.17) is 0 Å². The van der Waals surface area contributed by atoms with Crippen LogP contribution in [-0.4, -0.2) is 37.0 Å². The van der Waals surface area contributed by atoms with Gasteiger partial charge in [-0.15, -0.1) is 0 Å². The van der Waals surface area contributed by atoms with Crippen molar-refractivity contribution in [1.82, 2.24) is 10.2 Å². The second kappa shape index (κ2) is 7.50. The largest absolute Gasteiger partial charge is 0.416 e. The van der Waals surface area contributed by atoms with Crippen molar-refractivity contribution in [3.63, 3.8) is 0 Å². The number of carbonyl (C=O) groups excluding carboxylic acids is 1. The molecule has 1 heterocycles. The van der Waals surface area contributed by atoms with Crippen LogP contribution in [0, 0.1) is 0 Å². The van der Waals surface area contributed by atoms with Crippen LogP contribution in [0.2, 0.25) is 0 Å². The zero-order valence-corrected chi connectivity index (χ0v) is 14.5. The number of alkyl halides is 3. The molecule has 3 rings (SSSR count). The number of carbonyl (C=O) groups is 1. The first-order valence-electron chi connectivity index (χ1n) is 8.63. The Morgan fingerprint density at radius 2 is 1.81 bits per heavy atom. The van der Waals surface area contributed by atoms with Crippen molar-refractivity contribution in [2.75, 3.05) is 20.1 Å². The first-order chi connectivity index (χ1) is 12.4. The molecule has 1 saturated heterocycles. The maximum atomic E-state index is 13.0. The molecule has 26 heavy (non-hydrogen) atoms. The van der Waals surface area contributed by atoms with Gasteiger partial charge in [0.15, 0.2) is 0 Å². The quantitative estimate of drug-likeness (QED) is 0.888. The Labute approximate surface area is 150 Å². The van der Waals surface area contributed by atoms with Gasteiger partial charge >= 0.3 is 6.18 Å². The van der Waals surface area contributed by atoms with Crippen LogP contribution in [0.15, 0.2) is 48.5 Å². The third kappa shape index (κ3) is 3.90. The topological polar surface area (TPSA) is 32.3 Å². The van der Waals surface area contributed by atoms with Crippen LogP contribution < -0.4 is 5.32 Å². The summed E-state index contributed by atoms with van der Waals surface area (Å²) in [5.74, 6) is -0.0829. The average Bonchev–Trinajstić information content (AvgIpc) is 2.67. The zero-order valence-electron chi connectivity index (χ0n) is 14.5. The predicted molar refractivity (Wildman–Crippen MR) is 94.9 cm³/mol. The maximum absolute atomic E-state index is 13.0. The minimum absolute atomic E-state index is 0.0829. The van der Waals surface area contributed by atoms with E-state index < -0.39 is 11.7 Å². The fourth-order valence-corrected chi connectivity index (χ4v) is 3.33. The van der Waals surface area contributed by atoms with Crippen LogP contribution in [0.1, 0.15) is 28.8 Å². The van der Waals surface area contributed by atoms with Gasteiger partial charge in [0.25, 0.3) is 5.91 Å². The maximum Gasteiger partial charge on any atom is 0.416 e. The Morgan fingerprint density at radius 3 is 2.46 bits per heavy atom. The lowest BCUT2D eigenvalue weighted by Crippen LogP contribution is -2.47. The standard InChI is InChI=1S/C20H21F3N2O/c1-24-16-5-4-12-25(13-16)19(26)18-7-3-2-6-17(18)14-8-10-15(11-9-14)20(21,22)23/h2-3,6-11,16,24H,4-5,12-13H2,1H3. The van der Waals surface area contributed by atoms with Crippen LogP contribution in [0.3, 0.4) is 0 Å². The molecular formula is C20H21F3N2O. The molecule has 0 bridgehead atoms. The molecule has 1 fully saturated rings. The van der Waals surface area contributed by atoms with Gasteiger partial charge in [-0.05, 0) is 49.2 Å². The number of likely N-dealkylation sites (tertiary alicyclic amines) is 1. The fourth-order valence-electron chi connectivity index (χ4n) is 3.33. The van der Waals surface area contributed by atoms with E-state index >= 15 is 0 Å². The second-order valence-corrected chi connectivity index (χ2v) is 6.50. The number of halogens is 3. The van der Waals surface area contributed by atoms with Gasteiger partial charge in [-0.3, -0.25) is 4.79 Å². The fraction of sp³-hybridized carbons (Fsp3) is 0.350. The molecule has 0 aromatic heterocycles. The number of nitrogens with one attached hydrogen (secondary N) is 1. The highest BCUT2D eigenvalue weighted by Gasteiger charge is 2.30. The molecule has 0 spiro atoms. The third-order valence-electron chi connectivity index (χ3n) is 4.80. The molecule has 138 valence electrons. The van der Waals surface area contributed by atoms with Crippen molar-refractivity contribution in [2.24, 2.45) is 0 Å². The smallest absolute Gasteiger partial charge is 0.337 e. The predicted octanol–water partition coefficient (Wildman–Crippen LogP) is 4.20. The summed E-state index contributed by atoms with van der Waals surface area (Å²) in [6, 6.07) is 12.3. The van der Waals surface area contributed by atoms with E-state index in [1.807, 2.05) is 11.9 Å². The highest BCUT2D eigenvalue weighted by Crippen LogP contribution is 2.32. The van der Waals surface area contributed by atoms with Crippen LogP contribution in [-0.2, 0) is 6.18 Å². The molecular weight excluding hydrogens is 341 g/mol. The van der Waals surface area contributed by atoms with Crippen molar-refractivity contribution in [2.45, 2.75) is 25.1 Å². The van der Waals surface area contributed by atoms with Gasteiger partial charge in [0.2, 0.25) is 0 Å². The van der Waals surface area contributed by atoms with Gasteiger partial charge in [0.05, 0.1) is 5.56 Å². The summed E-state index contributed by atoms with van der Waals surface area (Å²) in [6.07, 6.45) is -2.41. The molecule has 1 aliphatic heterocycles. The second-order valence-electron chi connectivity index (χ2n) is 6.50. The van der Waals surface area contributed by atoms with Crippen LogP contribution >= 0.6 is 0 Å². The van der Waals surface area contributed by atoms with Crippen LogP contribution in [0.5, 0.6) is 0 Å². The van der Waals surface area contributed by atoms with Gasteiger partial charge < -0.3 is 10.2 Å². The summed E-state index contributed by atoms with van der Waals surface area (Å²) in [7, 11) is 1.88. The molecule has 2 aromatic carbocycles. The van der Waals surface area contributed by atoms with Gasteiger partial charge in [0.1, 0.15) is 0 Å². The van der Waals surface area contributed by atoms with Crippen LogP contribution in [0.4, 0.5) is 13.2 Å². The number of hydrogen-bond donors (Lipinski definition) is 1. The molecule has 1 atom stereocenters. The minimum Gasteiger partial charge on any atom is -0.337 e. The van der Waals surface area contributed by atoms with E-state index in [0.29, 0.717) is 29.8 Å². The summed E-state index contributed by atoms with van der Waals surface area (Å²) in [5.41, 5.74) is 1.07. The Morgan fingerprint density at radius 1 is 1.12 bits per heavy atom. The van der Waals surface area contributed by atoms with Gasteiger partial charge in [-0.2, -0.15) is 13.2 Å². The molecule has 1 unspecified atom stereocenters. The van der Waals surface area contributed by atoms with E-state index in [1.165, 1.54) is 12.1 Å². The van der Waals surface area contributed by atoms with Crippen molar-refractivity contribution in [3.8, 4) is 11.1 Å². The van der Waals surface area contributed by atoms with E-state index in [9.17, 15) is 18.0 Å². The Hall–Kier alpha value is -2.34. The molecule has 1 aliphatic rings. The van der Waals surface area contributed by atoms with E-state index in [1.54, 1.807) is 24.3 Å². The lowest BCUT2D eigenvalue weighted by Gasteiger charge is -2.33. The van der Waals surface area contributed by atoms with Gasteiger partial charge in [-0.25, -0.2) is 0 Å². The van der Waals surface area contributed by atoms with Crippen molar-refractivity contribution in [3.05, 3.63) is 59.7 Å². The van der Waals surface area contributed by atoms with Gasteiger partial charge in [0, 0.05) is 24.7 Å². The molecule has 0 aliphatic carbocycles. The molecule has 6 heteroatoms. The average molecular weight is 362 g/mol. The highest BCUT2D eigenvalue weighted by molar-refractivity contribution is 6.01. The molecule has 3 nitrogen and oxygen atoms in total. The molecule has 0 saturated carbocycles. The first kappa shape index (κ1) is 18.5. The number of likely N-dealkylation sites (N-methyl/N-ethyl adjacent to an activating group) is 1. The van der Waals surface area contributed by atoms with Crippen LogP contribution in [0.25, 0.3) is 11.1 Å². The first-order valence-corrected chi connectivity index (χ1v) is 8.63. The van der Waals surface area contributed by atoms with E-state index in [-0.39, 0.29) is 11.9 Å². The number of piperidine rings is 1. The van der Waals surface area contributed by atoms with Crippen molar-refractivity contribution < 1.29 is 18.0 Å². The minimum atomic E-state index is -4.37. The summed E-state index contributed by atoms with van der Waals surface area (Å²) in [4.78, 5) is 14.8. The lowest BCUT2D eigenvalue weighted by atomic mass is 9.96. The van der Waals surface area contributed by atoms with Crippen molar-refractivity contribution in [1.29, 1.82) is 0 Å². The number of benzene rings is 2. The van der Waals surface area contributed by atoms with Gasteiger partial charge in [-0.1, -0.05) is 30.3 Å². The summed E-state index contributed by atoms with van der Waals surface area (Å²) >= 11 is 0. The Kier molecular flexibility index (Phi) is 5.32. The third-order valence-corrected chi connectivity index (χ3v) is 4.80. The van der Waals surface area contributed by atoms with E-state index in [0.717, 1.165) is 25.0 Å².